The average molecular weight is 292 g/mol. The van der Waals surface area contributed by atoms with Gasteiger partial charge in [0.05, 0.1) is 0 Å². The van der Waals surface area contributed by atoms with Crippen molar-refractivity contribution in [3.63, 3.8) is 0 Å². The third-order valence-electron chi connectivity index (χ3n) is 3.53. The lowest BCUT2D eigenvalue weighted by atomic mass is 10.1. The van der Waals surface area contributed by atoms with Crippen molar-refractivity contribution in [3.05, 3.63) is 46.8 Å². The molecule has 0 spiro atoms. The molecule has 1 amide bonds. The Hall–Kier alpha value is -2.28. The molecular weight excluding hydrogens is 278 g/mol. The molecule has 5 nitrogen and oxygen atoms in total. The summed E-state index contributed by atoms with van der Waals surface area (Å²) in [6, 6.07) is 3.43. The van der Waals surface area contributed by atoms with E-state index in [1.165, 1.54) is 6.07 Å². The summed E-state index contributed by atoms with van der Waals surface area (Å²) >= 11 is 0. The largest absolute Gasteiger partial charge is 0.316 e. The van der Waals surface area contributed by atoms with Gasteiger partial charge in [0.25, 0.3) is 5.91 Å². The molecule has 1 aromatic heterocycles. The first-order valence-corrected chi connectivity index (χ1v) is 6.58. The van der Waals surface area contributed by atoms with Crippen LogP contribution in [-0.2, 0) is 20.0 Å². The second-order valence-corrected chi connectivity index (χ2v) is 4.88. The van der Waals surface area contributed by atoms with Gasteiger partial charge < -0.3 is 10.6 Å². The van der Waals surface area contributed by atoms with Gasteiger partial charge in [-0.15, -0.1) is 0 Å². The smallest absolute Gasteiger partial charge is 0.276 e. The number of nitrogens with zero attached hydrogens (tertiary/aromatic N) is 2. The van der Waals surface area contributed by atoms with Crippen molar-refractivity contribution in [1.82, 2.24) is 15.1 Å². The molecule has 0 fully saturated rings. The molecule has 1 aromatic carbocycles. The standard InChI is InChI=1S/C14H14F2N4O/c1-20-11-5-6-17-7-8(11)12(19-20)14(21)18-13-9(15)3-2-4-10(13)16/h2-4,17H,5-7H2,1H3,(H,18,21). The summed E-state index contributed by atoms with van der Waals surface area (Å²) in [7, 11) is 1.75. The molecule has 110 valence electrons. The highest BCUT2D eigenvalue weighted by molar-refractivity contribution is 6.04. The van der Waals surface area contributed by atoms with E-state index in [0.29, 0.717) is 6.54 Å². The summed E-state index contributed by atoms with van der Waals surface area (Å²) in [6.45, 7) is 1.33. The normalized spacial score (nSPS) is 13.9. The maximum absolute atomic E-state index is 13.6. The van der Waals surface area contributed by atoms with Gasteiger partial charge in [-0.25, -0.2) is 8.78 Å². The topological polar surface area (TPSA) is 59.0 Å². The molecule has 0 aliphatic carbocycles. The van der Waals surface area contributed by atoms with Crippen LogP contribution in [0.3, 0.4) is 0 Å². The van der Waals surface area contributed by atoms with Crippen molar-refractivity contribution in [2.45, 2.75) is 13.0 Å². The first-order valence-electron chi connectivity index (χ1n) is 6.58. The van der Waals surface area contributed by atoms with Crippen molar-refractivity contribution in [2.75, 3.05) is 11.9 Å². The molecule has 2 aromatic rings. The van der Waals surface area contributed by atoms with Gasteiger partial charge >= 0.3 is 0 Å². The van der Waals surface area contributed by atoms with E-state index in [2.05, 4.69) is 15.7 Å². The van der Waals surface area contributed by atoms with Crippen LogP contribution in [0, 0.1) is 11.6 Å². The van der Waals surface area contributed by atoms with Crippen LogP contribution in [0.5, 0.6) is 0 Å². The fourth-order valence-electron chi connectivity index (χ4n) is 2.49. The summed E-state index contributed by atoms with van der Waals surface area (Å²) < 4.78 is 28.8. The van der Waals surface area contributed by atoms with Gasteiger partial charge in [-0.2, -0.15) is 5.10 Å². The van der Waals surface area contributed by atoms with E-state index in [1.807, 2.05) is 0 Å². The van der Waals surface area contributed by atoms with Crippen LogP contribution in [-0.4, -0.2) is 22.2 Å². The zero-order chi connectivity index (χ0) is 15.0. The quantitative estimate of drug-likeness (QED) is 0.884. The van der Waals surface area contributed by atoms with E-state index in [1.54, 1.807) is 11.7 Å². The molecular formula is C14H14F2N4O. The highest BCUT2D eigenvalue weighted by Gasteiger charge is 2.24. The number of rotatable bonds is 2. The molecule has 0 bridgehead atoms. The highest BCUT2D eigenvalue weighted by Crippen LogP contribution is 2.22. The molecule has 7 heteroatoms. The van der Waals surface area contributed by atoms with Crippen LogP contribution < -0.4 is 10.6 Å². The molecule has 1 aliphatic heterocycles. The highest BCUT2D eigenvalue weighted by atomic mass is 19.1. The Bertz CT molecular complexity index is 691. The summed E-state index contributed by atoms with van der Waals surface area (Å²) in [6.07, 6.45) is 0.764. The number of aromatic nitrogens is 2. The molecule has 3 rings (SSSR count). The number of amides is 1. The predicted molar refractivity (Wildman–Crippen MR) is 72.9 cm³/mol. The number of carbonyl (C=O) groups excluding carboxylic acids is 1. The SMILES string of the molecule is Cn1nc(C(=O)Nc2c(F)cccc2F)c2c1CCNC2. The number of benzene rings is 1. The number of para-hydroxylation sites is 1. The number of fused-ring (bicyclic) bond motifs is 1. The summed E-state index contributed by atoms with van der Waals surface area (Å²) in [5, 5.41) is 9.59. The fraction of sp³-hybridized carbons (Fsp3) is 0.286. The Morgan fingerprint density at radius 2 is 2.10 bits per heavy atom. The second kappa shape index (κ2) is 5.25. The Balaban J connectivity index is 1.93. The van der Waals surface area contributed by atoms with Gasteiger partial charge in [-0.05, 0) is 12.1 Å². The first kappa shape index (κ1) is 13.7. The Morgan fingerprint density at radius 1 is 1.38 bits per heavy atom. The van der Waals surface area contributed by atoms with Crippen LogP contribution in [0.2, 0.25) is 0 Å². The first-order chi connectivity index (χ1) is 10.1. The minimum absolute atomic E-state index is 0.197. The van der Waals surface area contributed by atoms with Crippen LogP contribution in [0.25, 0.3) is 0 Å². The van der Waals surface area contributed by atoms with Gasteiger partial charge in [-0.1, -0.05) is 6.07 Å². The molecule has 0 saturated heterocycles. The van der Waals surface area contributed by atoms with Crippen molar-refractivity contribution < 1.29 is 13.6 Å². The second-order valence-electron chi connectivity index (χ2n) is 4.88. The van der Waals surface area contributed by atoms with E-state index in [9.17, 15) is 13.6 Å². The van der Waals surface area contributed by atoms with Crippen LogP contribution >= 0.6 is 0 Å². The zero-order valence-electron chi connectivity index (χ0n) is 11.4. The lowest BCUT2D eigenvalue weighted by Gasteiger charge is -2.14. The Morgan fingerprint density at radius 3 is 2.81 bits per heavy atom. The van der Waals surface area contributed by atoms with E-state index in [4.69, 9.17) is 0 Å². The van der Waals surface area contributed by atoms with Gasteiger partial charge in [0.15, 0.2) is 5.69 Å². The lowest BCUT2D eigenvalue weighted by Crippen LogP contribution is -2.26. The molecule has 1 aliphatic rings. The minimum Gasteiger partial charge on any atom is -0.316 e. The van der Waals surface area contributed by atoms with Gasteiger partial charge in [0, 0.05) is 37.8 Å². The predicted octanol–water partition coefficient (Wildman–Crippen LogP) is 1.60. The van der Waals surface area contributed by atoms with E-state index in [-0.39, 0.29) is 5.69 Å². The third-order valence-corrected chi connectivity index (χ3v) is 3.53. The number of hydrogen-bond acceptors (Lipinski definition) is 3. The fourth-order valence-corrected chi connectivity index (χ4v) is 2.49. The molecule has 0 atom stereocenters. The van der Waals surface area contributed by atoms with Crippen LogP contribution in [0.15, 0.2) is 18.2 Å². The zero-order valence-corrected chi connectivity index (χ0v) is 11.4. The lowest BCUT2D eigenvalue weighted by molar-refractivity contribution is 0.101. The Labute approximate surface area is 120 Å². The molecule has 2 N–H and O–H groups in total. The van der Waals surface area contributed by atoms with E-state index < -0.39 is 23.2 Å². The number of nitrogens with one attached hydrogen (secondary N) is 2. The minimum atomic E-state index is -0.814. The van der Waals surface area contributed by atoms with Crippen molar-refractivity contribution >= 4 is 11.6 Å². The molecule has 0 radical (unpaired) electrons. The van der Waals surface area contributed by atoms with Crippen molar-refractivity contribution in [2.24, 2.45) is 7.05 Å². The number of aryl methyl sites for hydroxylation is 1. The van der Waals surface area contributed by atoms with Crippen LogP contribution in [0.4, 0.5) is 14.5 Å². The summed E-state index contributed by atoms with van der Waals surface area (Å²) in [4.78, 5) is 12.3. The molecule has 0 saturated carbocycles. The number of halogens is 2. The van der Waals surface area contributed by atoms with E-state index >= 15 is 0 Å². The number of hydrogen-bond donors (Lipinski definition) is 2. The van der Waals surface area contributed by atoms with Gasteiger partial charge in [0.2, 0.25) is 0 Å². The molecule has 21 heavy (non-hydrogen) atoms. The van der Waals surface area contributed by atoms with E-state index in [0.717, 1.165) is 36.4 Å². The maximum atomic E-state index is 13.6. The summed E-state index contributed by atoms with van der Waals surface area (Å²) in [5.74, 6) is -2.24. The van der Waals surface area contributed by atoms with Crippen molar-refractivity contribution in [3.8, 4) is 0 Å². The average Bonchev–Trinajstić information content (AvgIpc) is 2.81. The maximum Gasteiger partial charge on any atom is 0.276 e. The molecule has 2 heterocycles. The van der Waals surface area contributed by atoms with Crippen LogP contribution in [0.1, 0.15) is 21.7 Å². The molecule has 0 unspecified atom stereocenters. The van der Waals surface area contributed by atoms with Crippen molar-refractivity contribution in [1.29, 1.82) is 0 Å². The Kier molecular flexibility index (Phi) is 3.42. The summed E-state index contributed by atoms with van der Waals surface area (Å²) in [5.41, 5.74) is 1.49. The third kappa shape index (κ3) is 2.40. The van der Waals surface area contributed by atoms with Gasteiger partial charge in [0.1, 0.15) is 17.3 Å². The number of anilines is 1. The monoisotopic (exact) mass is 292 g/mol. The van der Waals surface area contributed by atoms with Gasteiger partial charge in [-0.3, -0.25) is 9.48 Å². The number of carbonyl (C=O) groups is 1.